The maximum Gasteiger partial charge on any atom is 0.332 e. The number of hydrogen-bond acceptors (Lipinski definition) is 5. The number of nitro benzene ring substituents is 1. The lowest BCUT2D eigenvalue weighted by Gasteiger charge is -2.14. The van der Waals surface area contributed by atoms with E-state index in [9.17, 15) is 19.3 Å². The first-order valence-corrected chi connectivity index (χ1v) is 6.45. The summed E-state index contributed by atoms with van der Waals surface area (Å²) in [6.07, 6.45) is -0.206. The summed E-state index contributed by atoms with van der Waals surface area (Å²) >= 11 is 0. The molecule has 0 radical (unpaired) electrons. The fraction of sp³-hybridized carbons (Fsp3) is 0.462. The smallest absolute Gasteiger partial charge is 0.332 e. The second kappa shape index (κ2) is 6.04. The number of nitro groups is 1. The second-order valence-corrected chi connectivity index (χ2v) is 4.92. The van der Waals surface area contributed by atoms with Crippen molar-refractivity contribution in [2.75, 3.05) is 11.9 Å². The van der Waals surface area contributed by atoms with Crippen molar-refractivity contribution in [3.63, 3.8) is 0 Å². The first-order chi connectivity index (χ1) is 9.88. The van der Waals surface area contributed by atoms with Gasteiger partial charge >= 0.3 is 5.97 Å². The molecule has 114 valence electrons. The van der Waals surface area contributed by atoms with Crippen LogP contribution in [0.5, 0.6) is 0 Å². The molecule has 2 N–H and O–H groups in total. The molecule has 1 aliphatic rings. The lowest BCUT2D eigenvalue weighted by molar-refractivity contribution is -0.384. The number of carbonyl (C=O) groups is 1. The van der Waals surface area contributed by atoms with E-state index in [4.69, 9.17) is 9.84 Å². The van der Waals surface area contributed by atoms with Gasteiger partial charge in [0.1, 0.15) is 11.5 Å². The van der Waals surface area contributed by atoms with Crippen LogP contribution in [0.15, 0.2) is 12.1 Å². The number of halogens is 1. The van der Waals surface area contributed by atoms with Crippen LogP contribution in [-0.2, 0) is 9.53 Å². The van der Waals surface area contributed by atoms with Crippen LogP contribution in [0, 0.1) is 22.9 Å². The van der Waals surface area contributed by atoms with E-state index in [1.807, 2.05) is 0 Å². The summed E-state index contributed by atoms with van der Waals surface area (Å²) in [5.74, 6) is -1.66. The van der Waals surface area contributed by atoms with Crippen LogP contribution in [0.3, 0.4) is 0 Å². The Kier molecular flexibility index (Phi) is 4.37. The number of anilines is 1. The fourth-order valence-corrected chi connectivity index (χ4v) is 2.22. The van der Waals surface area contributed by atoms with Gasteiger partial charge in [0.25, 0.3) is 5.69 Å². The first kappa shape index (κ1) is 15.2. The Balaban J connectivity index is 2.05. The number of hydrogen-bond donors (Lipinski definition) is 2. The molecule has 2 unspecified atom stereocenters. The molecule has 0 aliphatic carbocycles. The molecule has 0 saturated carbocycles. The van der Waals surface area contributed by atoms with E-state index >= 15 is 0 Å². The molecule has 21 heavy (non-hydrogen) atoms. The maximum atomic E-state index is 13.4. The molecule has 1 aromatic rings. The van der Waals surface area contributed by atoms with Crippen LogP contribution in [0.25, 0.3) is 0 Å². The third-order valence-electron chi connectivity index (χ3n) is 3.38. The van der Waals surface area contributed by atoms with E-state index in [0.717, 1.165) is 6.07 Å². The first-order valence-electron chi connectivity index (χ1n) is 6.45. The van der Waals surface area contributed by atoms with E-state index in [2.05, 4.69) is 5.32 Å². The SMILES string of the molecule is Cc1cc(NCC2CCC(C(=O)O)O2)c([N+](=O)[O-])cc1F. The zero-order chi connectivity index (χ0) is 15.6. The molecule has 1 aromatic carbocycles. The average Bonchev–Trinajstić information content (AvgIpc) is 2.88. The van der Waals surface area contributed by atoms with E-state index in [-0.39, 0.29) is 24.0 Å². The maximum absolute atomic E-state index is 13.4. The van der Waals surface area contributed by atoms with E-state index < -0.39 is 22.8 Å². The molecule has 1 heterocycles. The number of aryl methyl sites for hydroxylation is 1. The predicted molar refractivity (Wildman–Crippen MR) is 71.8 cm³/mol. The molecule has 1 saturated heterocycles. The molecule has 0 bridgehead atoms. The van der Waals surface area contributed by atoms with Gasteiger partial charge in [-0.3, -0.25) is 10.1 Å². The van der Waals surface area contributed by atoms with E-state index in [1.165, 1.54) is 13.0 Å². The molecule has 8 heteroatoms. The van der Waals surface area contributed by atoms with Crippen LogP contribution in [0.4, 0.5) is 15.8 Å². The standard InChI is InChI=1S/C13H15FN2O5/c1-7-4-10(11(16(19)20)5-9(7)14)15-6-8-2-3-12(21-8)13(17)18/h4-5,8,12,15H,2-3,6H2,1H3,(H,17,18). The van der Waals surface area contributed by atoms with Crippen LogP contribution in [-0.4, -0.2) is 34.8 Å². The predicted octanol–water partition coefficient (Wildman–Crippen LogP) is 2.09. The van der Waals surface area contributed by atoms with Gasteiger partial charge < -0.3 is 15.2 Å². The number of nitrogens with one attached hydrogen (secondary N) is 1. The number of ether oxygens (including phenoxy) is 1. The lowest BCUT2D eigenvalue weighted by atomic mass is 10.1. The average molecular weight is 298 g/mol. The number of rotatable bonds is 5. The summed E-state index contributed by atoms with van der Waals surface area (Å²) in [6.45, 7) is 1.74. The quantitative estimate of drug-likeness (QED) is 0.637. The monoisotopic (exact) mass is 298 g/mol. The zero-order valence-electron chi connectivity index (χ0n) is 11.3. The molecule has 2 rings (SSSR count). The van der Waals surface area contributed by atoms with Crippen molar-refractivity contribution in [1.82, 2.24) is 0 Å². The van der Waals surface area contributed by atoms with Gasteiger partial charge in [-0.05, 0) is 31.4 Å². The molecular weight excluding hydrogens is 283 g/mol. The van der Waals surface area contributed by atoms with Gasteiger partial charge in [0.2, 0.25) is 0 Å². The molecule has 1 aliphatic heterocycles. The van der Waals surface area contributed by atoms with Gasteiger partial charge in [0.05, 0.1) is 17.1 Å². The highest BCUT2D eigenvalue weighted by Gasteiger charge is 2.30. The summed E-state index contributed by atoms with van der Waals surface area (Å²) in [4.78, 5) is 21.0. The lowest BCUT2D eigenvalue weighted by Crippen LogP contribution is -2.24. The fourth-order valence-electron chi connectivity index (χ4n) is 2.22. The van der Waals surface area contributed by atoms with Crippen LogP contribution in [0.2, 0.25) is 0 Å². The van der Waals surface area contributed by atoms with Crippen LogP contribution in [0.1, 0.15) is 18.4 Å². The second-order valence-electron chi connectivity index (χ2n) is 4.92. The third-order valence-corrected chi connectivity index (χ3v) is 3.38. The van der Waals surface area contributed by atoms with Crippen LogP contribution >= 0.6 is 0 Å². The van der Waals surface area contributed by atoms with Crippen LogP contribution < -0.4 is 5.32 Å². The minimum atomic E-state index is -1.01. The highest BCUT2D eigenvalue weighted by molar-refractivity contribution is 5.72. The Labute approximate surface area is 119 Å². The largest absolute Gasteiger partial charge is 0.479 e. The molecule has 0 spiro atoms. The Hall–Kier alpha value is -2.22. The third kappa shape index (κ3) is 3.46. The van der Waals surface area contributed by atoms with Gasteiger partial charge in [-0.2, -0.15) is 0 Å². The normalized spacial score (nSPS) is 21.2. The highest BCUT2D eigenvalue weighted by Crippen LogP contribution is 2.28. The van der Waals surface area contributed by atoms with Gasteiger partial charge in [-0.1, -0.05) is 0 Å². The Morgan fingerprint density at radius 3 is 2.86 bits per heavy atom. The van der Waals surface area contributed by atoms with E-state index in [0.29, 0.717) is 18.4 Å². The van der Waals surface area contributed by atoms with Crippen molar-refractivity contribution in [3.8, 4) is 0 Å². The molecule has 2 atom stereocenters. The van der Waals surface area contributed by atoms with Crippen molar-refractivity contribution in [1.29, 1.82) is 0 Å². The van der Waals surface area contributed by atoms with Gasteiger partial charge in [-0.15, -0.1) is 0 Å². The molecule has 1 fully saturated rings. The van der Waals surface area contributed by atoms with Gasteiger partial charge in [-0.25, -0.2) is 9.18 Å². The number of nitrogens with zero attached hydrogens (tertiary/aromatic N) is 1. The van der Waals surface area contributed by atoms with Gasteiger partial charge in [0, 0.05) is 6.54 Å². The van der Waals surface area contributed by atoms with Crippen molar-refractivity contribution in [2.45, 2.75) is 32.0 Å². The molecule has 7 nitrogen and oxygen atoms in total. The molecule has 0 amide bonds. The van der Waals surface area contributed by atoms with Crippen molar-refractivity contribution in [2.24, 2.45) is 0 Å². The molecular formula is C13H15FN2O5. The minimum absolute atomic E-state index is 0.196. The summed E-state index contributed by atoms with van der Waals surface area (Å²) in [6, 6.07) is 2.23. The van der Waals surface area contributed by atoms with Crippen molar-refractivity contribution >= 4 is 17.3 Å². The topological polar surface area (TPSA) is 102 Å². The number of benzene rings is 1. The summed E-state index contributed by atoms with van der Waals surface area (Å²) < 4.78 is 18.7. The minimum Gasteiger partial charge on any atom is -0.479 e. The Morgan fingerprint density at radius 1 is 1.57 bits per heavy atom. The number of carboxylic acid groups (broad SMARTS) is 1. The summed E-state index contributed by atoms with van der Waals surface area (Å²) in [5, 5.41) is 22.6. The van der Waals surface area contributed by atoms with E-state index in [1.54, 1.807) is 0 Å². The zero-order valence-corrected chi connectivity index (χ0v) is 11.3. The highest BCUT2D eigenvalue weighted by atomic mass is 19.1. The van der Waals surface area contributed by atoms with Crippen molar-refractivity contribution in [3.05, 3.63) is 33.6 Å². The van der Waals surface area contributed by atoms with Gasteiger partial charge in [0.15, 0.2) is 6.10 Å². The molecule has 0 aromatic heterocycles. The number of aliphatic carboxylic acids is 1. The summed E-state index contributed by atoms with van der Waals surface area (Å²) in [5.41, 5.74) is 0.131. The Morgan fingerprint density at radius 2 is 2.29 bits per heavy atom. The number of carboxylic acids is 1. The Bertz CT molecular complexity index is 578. The summed E-state index contributed by atoms with van der Waals surface area (Å²) in [7, 11) is 0. The van der Waals surface area contributed by atoms with Crippen molar-refractivity contribution < 1.29 is 24.0 Å².